The van der Waals surface area contributed by atoms with E-state index < -0.39 is 11.6 Å². The van der Waals surface area contributed by atoms with Gasteiger partial charge < -0.3 is 0 Å². The summed E-state index contributed by atoms with van der Waals surface area (Å²) in [5, 5.41) is -0.133. The topological polar surface area (TPSA) is 42.9 Å². The quantitative estimate of drug-likeness (QED) is 0.631. The van der Waals surface area contributed by atoms with Crippen LogP contribution in [0, 0.1) is 5.82 Å². The van der Waals surface area contributed by atoms with Crippen LogP contribution in [0.2, 0.25) is 5.02 Å². The largest absolute Gasteiger partial charge is 0.285 e. The molecule has 0 atom stereocenters. The number of hydrogen-bond donors (Lipinski definition) is 0. The van der Waals surface area contributed by atoms with Crippen LogP contribution in [0.1, 0.15) is 16.2 Å². The Labute approximate surface area is 110 Å². The molecule has 0 bridgehead atoms. The summed E-state index contributed by atoms with van der Waals surface area (Å²) in [5.74, 6) is -1.44. The molecule has 1 aromatic carbocycles. The Bertz CT molecular complexity index is 577. The molecule has 0 spiro atoms. The molecular formula is C11H5BrClFN2O. The molecular weight excluding hydrogens is 310 g/mol. The van der Waals surface area contributed by atoms with Gasteiger partial charge in [-0.15, -0.1) is 0 Å². The maximum absolute atomic E-state index is 13.8. The average Bonchev–Trinajstić information content (AvgIpc) is 2.36. The van der Waals surface area contributed by atoms with Crippen LogP contribution < -0.4 is 0 Å². The fourth-order valence-electron chi connectivity index (χ4n) is 1.24. The Balaban J connectivity index is 2.49. The summed E-state index contributed by atoms with van der Waals surface area (Å²) in [7, 11) is 0. The number of carbonyl (C=O) groups excluding carboxylic acids is 1. The fourth-order valence-corrected chi connectivity index (χ4v) is 1.71. The van der Waals surface area contributed by atoms with Gasteiger partial charge >= 0.3 is 0 Å². The van der Waals surface area contributed by atoms with E-state index in [0.29, 0.717) is 4.47 Å². The molecule has 86 valence electrons. The van der Waals surface area contributed by atoms with E-state index >= 15 is 0 Å². The van der Waals surface area contributed by atoms with Crippen molar-refractivity contribution in [1.29, 1.82) is 0 Å². The summed E-state index contributed by atoms with van der Waals surface area (Å²) < 4.78 is 14.2. The molecule has 0 radical (unpaired) electrons. The smallest absolute Gasteiger partial charge is 0.233 e. The normalized spacial score (nSPS) is 10.3. The molecule has 0 saturated carbocycles. The summed E-state index contributed by atoms with van der Waals surface area (Å²) in [6.07, 6.45) is 2.83. The van der Waals surface area contributed by atoms with Gasteiger partial charge in [0.25, 0.3) is 0 Å². The summed E-state index contributed by atoms with van der Waals surface area (Å²) in [6, 6.07) is 4.41. The zero-order valence-corrected chi connectivity index (χ0v) is 10.7. The van der Waals surface area contributed by atoms with Crippen LogP contribution in [0.4, 0.5) is 4.39 Å². The van der Waals surface area contributed by atoms with Crippen LogP contribution in [0.5, 0.6) is 0 Å². The second kappa shape index (κ2) is 4.89. The summed E-state index contributed by atoms with van der Waals surface area (Å²) >= 11 is 8.77. The molecule has 0 fully saturated rings. The van der Waals surface area contributed by atoms with Gasteiger partial charge in [0.2, 0.25) is 11.6 Å². The Kier molecular flexibility index (Phi) is 3.49. The van der Waals surface area contributed by atoms with Crippen LogP contribution >= 0.6 is 27.5 Å². The predicted molar refractivity (Wildman–Crippen MR) is 64.6 cm³/mol. The van der Waals surface area contributed by atoms with Gasteiger partial charge in [0.15, 0.2) is 5.82 Å². The highest BCUT2D eigenvalue weighted by Gasteiger charge is 2.19. The third-order valence-corrected chi connectivity index (χ3v) is 3.31. The number of carbonyl (C=O) groups is 1. The number of hydrogen-bond acceptors (Lipinski definition) is 3. The monoisotopic (exact) mass is 314 g/mol. The van der Waals surface area contributed by atoms with Crippen LogP contribution in [0.25, 0.3) is 0 Å². The van der Waals surface area contributed by atoms with Gasteiger partial charge in [-0.3, -0.25) is 4.79 Å². The molecule has 3 nitrogen and oxygen atoms in total. The number of benzene rings is 1. The maximum Gasteiger partial charge on any atom is 0.233 e. The van der Waals surface area contributed by atoms with Crippen molar-refractivity contribution in [3.63, 3.8) is 0 Å². The number of nitrogens with zero attached hydrogens (tertiary/aromatic N) is 2. The lowest BCUT2D eigenvalue weighted by Crippen LogP contribution is -2.08. The highest BCUT2D eigenvalue weighted by atomic mass is 79.9. The van der Waals surface area contributed by atoms with Gasteiger partial charge in [-0.1, -0.05) is 11.6 Å². The second-order valence-corrected chi connectivity index (χ2v) is 4.36. The zero-order valence-electron chi connectivity index (χ0n) is 8.32. The second-order valence-electron chi connectivity index (χ2n) is 3.12. The van der Waals surface area contributed by atoms with Gasteiger partial charge in [0, 0.05) is 16.9 Å². The minimum atomic E-state index is -0.779. The van der Waals surface area contributed by atoms with Crippen molar-refractivity contribution in [3.8, 4) is 0 Å². The summed E-state index contributed by atoms with van der Waals surface area (Å²) in [5.41, 5.74) is -0.149. The van der Waals surface area contributed by atoms with Crippen molar-refractivity contribution in [2.75, 3.05) is 0 Å². The Morgan fingerprint density at radius 1 is 1.29 bits per heavy atom. The number of aromatic nitrogens is 2. The third-order valence-electron chi connectivity index (χ3n) is 2.05. The van der Waals surface area contributed by atoms with E-state index in [0.717, 1.165) is 0 Å². The van der Waals surface area contributed by atoms with Gasteiger partial charge in [0.1, 0.15) is 0 Å². The van der Waals surface area contributed by atoms with E-state index in [4.69, 9.17) is 11.6 Å². The first-order chi connectivity index (χ1) is 8.11. The molecule has 0 aliphatic carbocycles. The van der Waals surface area contributed by atoms with E-state index in [9.17, 15) is 9.18 Å². The third kappa shape index (κ3) is 2.35. The zero-order chi connectivity index (χ0) is 12.4. The molecule has 0 aliphatic heterocycles. The Morgan fingerprint density at radius 3 is 2.59 bits per heavy atom. The molecule has 1 heterocycles. The van der Waals surface area contributed by atoms with Crippen molar-refractivity contribution >= 4 is 33.3 Å². The number of halogens is 3. The van der Waals surface area contributed by atoms with Crippen molar-refractivity contribution in [1.82, 2.24) is 9.97 Å². The summed E-state index contributed by atoms with van der Waals surface area (Å²) in [6.45, 7) is 0. The SMILES string of the molecule is O=C(c1ncccn1)c1ccc(Br)c(Cl)c1F. The van der Waals surface area contributed by atoms with E-state index in [2.05, 4.69) is 25.9 Å². The van der Waals surface area contributed by atoms with Gasteiger partial charge in [-0.05, 0) is 34.1 Å². The number of rotatable bonds is 2. The van der Waals surface area contributed by atoms with Crippen LogP contribution in [-0.4, -0.2) is 15.8 Å². The van der Waals surface area contributed by atoms with Gasteiger partial charge in [-0.2, -0.15) is 0 Å². The highest BCUT2D eigenvalue weighted by molar-refractivity contribution is 9.10. The lowest BCUT2D eigenvalue weighted by Gasteiger charge is -2.04. The number of ketones is 1. The lowest BCUT2D eigenvalue weighted by molar-refractivity contribution is 0.102. The van der Waals surface area contributed by atoms with Gasteiger partial charge in [0.05, 0.1) is 10.6 Å². The minimum Gasteiger partial charge on any atom is -0.285 e. The highest BCUT2D eigenvalue weighted by Crippen LogP contribution is 2.28. The molecule has 2 rings (SSSR count). The molecule has 0 unspecified atom stereocenters. The lowest BCUT2D eigenvalue weighted by atomic mass is 10.1. The molecule has 6 heteroatoms. The van der Waals surface area contributed by atoms with E-state index in [1.54, 1.807) is 6.07 Å². The first kappa shape index (κ1) is 12.1. The van der Waals surface area contributed by atoms with Crippen LogP contribution in [-0.2, 0) is 0 Å². The summed E-state index contributed by atoms with van der Waals surface area (Å²) in [4.78, 5) is 19.4. The maximum atomic E-state index is 13.8. The molecule has 1 aromatic heterocycles. The first-order valence-electron chi connectivity index (χ1n) is 4.56. The van der Waals surface area contributed by atoms with Crippen LogP contribution in [0.3, 0.4) is 0 Å². The Hall–Kier alpha value is -1.33. The van der Waals surface area contributed by atoms with Crippen molar-refractivity contribution in [2.24, 2.45) is 0 Å². The standard InChI is InChI=1S/C11H5BrClFN2O/c12-7-3-2-6(9(14)8(7)13)10(17)11-15-4-1-5-16-11/h1-5H. The van der Waals surface area contributed by atoms with Crippen molar-refractivity contribution in [2.45, 2.75) is 0 Å². The molecule has 0 aliphatic rings. The molecule has 0 N–H and O–H groups in total. The Morgan fingerprint density at radius 2 is 1.94 bits per heavy atom. The van der Waals surface area contributed by atoms with E-state index in [1.165, 1.54) is 24.5 Å². The van der Waals surface area contributed by atoms with Crippen molar-refractivity contribution < 1.29 is 9.18 Å². The van der Waals surface area contributed by atoms with E-state index in [-0.39, 0.29) is 16.4 Å². The fraction of sp³-hybridized carbons (Fsp3) is 0. The molecule has 0 saturated heterocycles. The molecule has 2 aromatic rings. The van der Waals surface area contributed by atoms with E-state index in [1.807, 2.05) is 0 Å². The molecule has 17 heavy (non-hydrogen) atoms. The van der Waals surface area contributed by atoms with Crippen molar-refractivity contribution in [3.05, 3.63) is 57.3 Å². The average molecular weight is 316 g/mol. The minimum absolute atomic E-state index is 0.0650. The van der Waals surface area contributed by atoms with Gasteiger partial charge in [-0.25, -0.2) is 14.4 Å². The first-order valence-corrected chi connectivity index (χ1v) is 5.73. The molecule has 0 amide bonds. The van der Waals surface area contributed by atoms with Crippen LogP contribution in [0.15, 0.2) is 35.1 Å². The predicted octanol–water partition coefficient (Wildman–Crippen LogP) is 3.26.